The first-order valence-corrected chi connectivity index (χ1v) is 5.30. The maximum absolute atomic E-state index is 5.63. The molecule has 1 atom stereocenters. The van der Waals surface area contributed by atoms with Crippen LogP contribution < -0.4 is 15.2 Å². The molecule has 0 radical (unpaired) electrons. The lowest BCUT2D eigenvalue weighted by molar-refractivity contribution is 0.199. The number of nitrogen functional groups attached to an aromatic ring is 1. The lowest BCUT2D eigenvalue weighted by Crippen LogP contribution is -2.09. The summed E-state index contributed by atoms with van der Waals surface area (Å²) in [7, 11) is 1.50. The van der Waals surface area contributed by atoms with E-state index in [9.17, 15) is 0 Å². The molecule has 0 fully saturated rings. The summed E-state index contributed by atoms with van der Waals surface area (Å²) >= 11 is 0. The van der Waals surface area contributed by atoms with Gasteiger partial charge in [0.2, 0.25) is 5.95 Å². The van der Waals surface area contributed by atoms with E-state index < -0.39 is 0 Å². The molecule has 94 valence electrons. The fourth-order valence-corrected chi connectivity index (χ4v) is 1.38. The van der Waals surface area contributed by atoms with Gasteiger partial charge in [0.1, 0.15) is 6.10 Å². The van der Waals surface area contributed by atoms with Crippen LogP contribution in [0.4, 0.5) is 5.95 Å². The SMILES string of the molecule is COc1nccnc1OC(C)c1ccnc(N)n1. The fourth-order valence-electron chi connectivity index (χ4n) is 1.38. The molecule has 0 saturated heterocycles. The van der Waals surface area contributed by atoms with Gasteiger partial charge in [0.05, 0.1) is 12.8 Å². The van der Waals surface area contributed by atoms with Crippen LogP contribution in [-0.4, -0.2) is 27.0 Å². The summed E-state index contributed by atoms with van der Waals surface area (Å²) in [6.07, 6.45) is 4.30. The summed E-state index contributed by atoms with van der Waals surface area (Å²) < 4.78 is 10.7. The molecule has 0 saturated carbocycles. The minimum absolute atomic E-state index is 0.203. The Bertz CT molecular complexity index is 534. The number of aromatic nitrogens is 4. The van der Waals surface area contributed by atoms with Crippen LogP contribution in [0.5, 0.6) is 11.8 Å². The van der Waals surface area contributed by atoms with Gasteiger partial charge in [-0.15, -0.1) is 0 Å². The summed E-state index contributed by atoms with van der Waals surface area (Å²) in [4.78, 5) is 15.9. The van der Waals surface area contributed by atoms with Crippen molar-refractivity contribution in [3.8, 4) is 11.8 Å². The Labute approximate surface area is 104 Å². The zero-order chi connectivity index (χ0) is 13.0. The standard InChI is InChI=1S/C11H13N5O2/c1-7(8-3-4-15-11(12)16-8)18-10-9(17-2)13-5-6-14-10/h3-7H,1-2H3,(H2,12,15,16). The van der Waals surface area contributed by atoms with Gasteiger partial charge in [0.15, 0.2) is 0 Å². The Hall–Kier alpha value is -2.44. The Balaban J connectivity index is 2.18. The molecule has 0 spiro atoms. The molecule has 18 heavy (non-hydrogen) atoms. The zero-order valence-corrected chi connectivity index (χ0v) is 10.1. The van der Waals surface area contributed by atoms with Gasteiger partial charge >= 0.3 is 0 Å². The largest absolute Gasteiger partial charge is 0.477 e. The minimum Gasteiger partial charge on any atom is -0.477 e. The molecule has 0 aliphatic rings. The van der Waals surface area contributed by atoms with Gasteiger partial charge in [-0.1, -0.05) is 0 Å². The molecule has 1 unspecified atom stereocenters. The van der Waals surface area contributed by atoms with Crippen LogP contribution in [0.25, 0.3) is 0 Å². The lowest BCUT2D eigenvalue weighted by Gasteiger charge is -2.14. The molecule has 2 aromatic heterocycles. The summed E-state index contributed by atoms with van der Waals surface area (Å²) in [5, 5.41) is 0. The molecule has 2 N–H and O–H groups in total. The van der Waals surface area contributed by atoms with E-state index in [4.69, 9.17) is 15.2 Å². The third-order valence-electron chi connectivity index (χ3n) is 2.23. The Morgan fingerprint density at radius 2 is 1.83 bits per heavy atom. The number of methoxy groups -OCH3 is 1. The first kappa shape index (κ1) is 12.0. The number of anilines is 1. The highest BCUT2D eigenvalue weighted by molar-refractivity contribution is 5.25. The summed E-state index contributed by atoms with van der Waals surface area (Å²) in [6, 6.07) is 1.73. The van der Waals surface area contributed by atoms with E-state index in [-0.39, 0.29) is 12.1 Å². The lowest BCUT2D eigenvalue weighted by atomic mass is 10.3. The predicted molar refractivity (Wildman–Crippen MR) is 64.1 cm³/mol. The Morgan fingerprint density at radius 1 is 1.11 bits per heavy atom. The van der Waals surface area contributed by atoms with Crippen LogP contribution in [0.3, 0.4) is 0 Å². The smallest absolute Gasteiger partial charge is 0.278 e. The molecule has 2 aromatic rings. The highest BCUT2D eigenvalue weighted by Gasteiger charge is 2.14. The topological polar surface area (TPSA) is 96.0 Å². The van der Waals surface area contributed by atoms with Gasteiger partial charge in [0.25, 0.3) is 11.8 Å². The van der Waals surface area contributed by atoms with Crippen molar-refractivity contribution in [3.05, 3.63) is 30.4 Å². The van der Waals surface area contributed by atoms with Gasteiger partial charge in [-0.3, -0.25) is 0 Å². The third kappa shape index (κ3) is 2.62. The average Bonchev–Trinajstić information content (AvgIpc) is 2.39. The van der Waals surface area contributed by atoms with E-state index in [1.165, 1.54) is 19.5 Å². The maximum atomic E-state index is 5.63. The van der Waals surface area contributed by atoms with E-state index >= 15 is 0 Å². The van der Waals surface area contributed by atoms with Crippen LogP contribution in [0.1, 0.15) is 18.7 Å². The third-order valence-corrected chi connectivity index (χ3v) is 2.23. The van der Waals surface area contributed by atoms with Gasteiger partial charge in [-0.05, 0) is 13.0 Å². The number of hydrogen-bond acceptors (Lipinski definition) is 7. The van der Waals surface area contributed by atoms with Crippen LogP contribution in [0, 0.1) is 0 Å². The van der Waals surface area contributed by atoms with Gasteiger partial charge in [-0.25, -0.2) is 19.9 Å². The van der Waals surface area contributed by atoms with Crippen molar-refractivity contribution in [2.45, 2.75) is 13.0 Å². The van der Waals surface area contributed by atoms with E-state index in [0.29, 0.717) is 17.5 Å². The Morgan fingerprint density at radius 3 is 2.50 bits per heavy atom. The van der Waals surface area contributed by atoms with Crippen molar-refractivity contribution < 1.29 is 9.47 Å². The van der Waals surface area contributed by atoms with Crippen LogP contribution >= 0.6 is 0 Å². The molecule has 0 aromatic carbocycles. The van der Waals surface area contributed by atoms with Crippen molar-refractivity contribution in [2.75, 3.05) is 12.8 Å². The van der Waals surface area contributed by atoms with Gasteiger partial charge in [-0.2, -0.15) is 0 Å². The van der Waals surface area contributed by atoms with Crippen molar-refractivity contribution in [1.29, 1.82) is 0 Å². The second kappa shape index (κ2) is 5.26. The van der Waals surface area contributed by atoms with E-state index in [1.54, 1.807) is 12.3 Å². The first-order chi connectivity index (χ1) is 8.70. The molecular formula is C11H13N5O2. The summed E-state index contributed by atoms with van der Waals surface area (Å²) in [5.41, 5.74) is 6.18. The van der Waals surface area contributed by atoms with E-state index in [1.807, 2.05) is 6.92 Å². The molecule has 0 aliphatic heterocycles. The maximum Gasteiger partial charge on any atom is 0.278 e. The number of hydrogen-bond donors (Lipinski definition) is 1. The zero-order valence-electron chi connectivity index (χ0n) is 10.1. The quantitative estimate of drug-likeness (QED) is 0.860. The minimum atomic E-state index is -0.333. The number of rotatable bonds is 4. The van der Waals surface area contributed by atoms with Gasteiger partial charge < -0.3 is 15.2 Å². The fraction of sp³-hybridized carbons (Fsp3) is 0.273. The highest BCUT2D eigenvalue weighted by Crippen LogP contribution is 2.25. The van der Waals surface area contributed by atoms with E-state index in [2.05, 4.69) is 19.9 Å². The van der Waals surface area contributed by atoms with Crippen LogP contribution in [0.2, 0.25) is 0 Å². The normalized spacial score (nSPS) is 11.9. The molecular weight excluding hydrogens is 234 g/mol. The van der Waals surface area contributed by atoms with Gasteiger partial charge in [0, 0.05) is 18.6 Å². The first-order valence-electron chi connectivity index (χ1n) is 5.30. The number of nitrogens with zero attached hydrogens (tertiary/aromatic N) is 4. The molecule has 7 heteroatoms. The molecule has 0 aliphatic carbocycles. The summed E-state index contributed by atoms with van der Waals surface area (Å²) in [5.74, 6) is 0.838. The van der Waals surface area contributed by atoms with Crippen molar-refractivity contribution >= 4 is 5.95 Å². The molecule has 2 heterocycles. The average molecular weight is 247 g/mol. The molecule has 2 rings (SSSR count). The van der Waals surface area contributed by atoms with Crippen molar-refractivity contribution in [1.82, 2.24) is 19.9 Å². The van der Waals surface area contributed by atoms with E-state index in [0.717, 1.165) is 0 Å². The highest BCUT2D eigenvalue weighted by atomic mass is 16.5. The number of ether oxygens (including phenoxy) is 2. The monoisotopic (exact) mass is 247 g/mol. The van der Waals surface area contributed by atoms with Crippen molar-refractivity contribution in [3.63, 3.8) is 0 Å². The predicted octanol–water partition coefficient (Wildman–Crippen LogP) is 0.997. The van der Waals surface area contributed by atoms with Crippen LogP contribution in [-0.2, 0) is 0 Å². The molecule has 0 bridgehead atoms. The van der Waals surface area contributed by atoms with Crippen LogP contribution in [0.15, 0.2) is 24.7 Å². The second-order valence-electron chi connectivity index (χ2n) is 3.47. The Kier molecular flexibility index (Phi) is 3.52. The second-order valence-corrected chi connectivity index (χ2v) is 3.47. The molecule has 7 nitrogen and oxygen atoms in total. The van der Waals surface area contributed by atoms with Crippen molar-refractivity contribution in [2.24, 2.45) is 0 Å². The molecule has 0 amide bonds. The number of nitrogens with two attached hydrogens (primary N) is 1. The summed E-state index contributed by atoms with van der Waals surface area (Å²) in [6.45, 7) is 1.83.